The Morgan fingerprint density at radius 1 is 1.36 bits per heavy atom. The molecule has 0 bridgehead atoms. The van der Waals surface area contributed by atoms with Crippen LogP contribution in [0.5, 0.6) is 5.75 Å². The van der Waals surface area contributed by atoms with Crippen molar-refractivity contribution in [1.29, 1.82) is 0 Å². The zero-order valence-corrected chi connectivity index (χ0v) is 12.5. The molecule has 1 N–H and O–H groups in total. The number of carbonyl (C=O) groups excluding carboxylic acids is 1. The molecule has 0 unspecified atom stereocenters. The number of rotatable bonds is 6. The molecule has 8 heteroatoms. The van der Waals surface area contributed by atoms with Crippen molar-refractivity contribution in [2.24, 2.45) is 5.10 Å². The third kappa shape index (κ3) is 4.13. The molecular weight excluding hydrogens is 306 g/mol. The van der Waals surface area contributed by atoms with E-state index in [0.717, 1.165) is 4.88 Å². The fraction of sp³-hybridized carbons (Fsp3) is 0.143. The van der Waals surface area contributed by atoms with Crippen molar-refractivity contribution in [3.05, 3.63) is 56.8 Å². The Labute approximate surface area is 130 Å². The summed E-state index contributed by atoms with van der Waals surface area (Å²) in [4.78, 5) is 22.9. The summed E-state index contributed by atoms with van der Waals surface area (Å²) < 4.78 is 5.16. The number of hydrogen-bond acceptors (Lipinski definition) is 6. The van der Waals surface area contributed by atoms with E-state index < -0.39 is 10.8 Å². The summed E-state index contributed by atoms with van der Waals surface area (Å²) in [6.07, 6.45) is 0. The van der Waals surface area contributed by atoms with E-state index >= 15 is 0 Å². The molecular formula is C14H13N3O4S. The van der Waals surface area contributed by atoms with Crippen LogP contribution in [0.4, 0.5) is 5.69 Å². The molecule has 1 aromatic heterocycles. The Morgan fingerprint density at radius 3 is 2.82 bits per heavy atom. The van der Waals surface area contributed by atoms with Gasteiger partial charge in [-0.2, -0.15) is 5.10 Å². The van der Waals surface area contributed by atoms with E-state index in [1.165, 1.54) is 29.5 Å². The second kappa shape index (κ2) is 7.32. The first kappa shape index (κ1) is 15.6. The highest BCUT2D eigenvalue weighted by molar-refractivity contribution is 7.12. The fourth-order valence-corrected chi connectivity index (χ4v) is 2.27. The Hall–Kier alpha value is -2.74. The monoisotopic (exact) mass is 319 g/mol. The molecule has 0 saturated heterocycles. The molecule has 7 nitrogen and oxygen atoms in total. The minimum atomic E-state index is -0.563. The summed E-state index contributed by atoms with van der Waals surface area (Å²) in [6, 6.07) is 9.65. The number of benzene rings is 1. The van der Waals surface area contributed by atoms with Gasteiger partial charge in [-0.05, 0) is 24.4 Å². The van der Waals surface area contributed by atoms with E-state index in [1.807, 2.05) is 17.5 Å². The number of thiophene rings is 1. The summed E-state index contributed by atoms with van der Waals surface area (Å²) in [6.45, 7) is 1.42. The number of hydrogen-bond donors (Lipinski definition) is 1. The molecule has 0 spiro atoms. The van der Waals surface area contributed by atoms with E-state index in [-0.39, 0.29) is 18.0 Å². The number of nitro groups is 1. The molecule has 0 fully saturated rings. The molecule has 0 aliphatic heterocycles. The summed E-state index contributed by atoms with van der Waals surface area (Å²) in [7, 11) is 0. The summed E-state index contributed by atoms with van der Waals surface area (Å²) in [5, 5.41) is 16.7. The van der Waals surface area contributed by atoms with Gasteiger partial charge in [-0.15, -0.1) is 11.3 Å². The number of nitrogens with one attached hydrogen (secondary N) is 1. The smallest absolute Gasteiger partial charge is 0.310 e. The van der Waals surface area contributed by atoms with E-state index in [2.05, 4.69) is 10.5 Å². The normalized spacial score (nSPS) is 11.0. The lowest BCUT2D eigenvalue weighted by Crippen LogP contribution is -2.25. The molecule has 22 heavy (non-hydrogen) atoms. The molecule has 1 heterocycles. The molecule has 0 aliphatic carbocycles. The predicted octanol–water partition coefficient (Wildman–Crippen LogP) is 2.58. The summed E-state index contributed by atoms with van der Waals surface area (Å²) in [5.41, 5.74) is 2.84. The molecule has 1 amide bonds. The number of carbonyl (C=O) groups is 1. The third-order valence-electron chi connectivity index (χ3n) is 2.65. The van der Waals surface area contributed by atoms with E-state index in [4.69, 9.17) is 4.74 Å². The van der Waals surface area contributed by atoms with Gasteiger partial charge >= 0.3 is 5.69 Å². The maximum Gasteiger partial charge on any atom is 0.310 e. The summed E-state index contributed by atoms with van der Waals surface area (Å²) >= 11 is 1.51. The second-order valence-electron chi connectivity index (χ2n) is 4.22. The third-order valence-corrected chi connectivity index (χ3v) is 3.63. The molecule has 114 valence electrons. The molecule has 1 aromatic carbocycles. The van der Waals surface area contributed by atoms with Gasteiger partial charge in [0.15, 0.2) is 12.4 Å². The van der Waals surface area contributed by atoms with Crippen LogP contribution in [0.2, 0.25) is 0 Å². The zero-order chi connectivity index (χ0) is 15.9. The first-order chi connectivity index (χ1) is 10.6. The second-order valence-corrected chi connectivity index (χ2v) is 5.17. The van der Waals surface area contributed by atoms with Crippen LogP contribution in [-0.2, 0) is 4.79 Å². The minimum absolute atomic E-state index is 0.0432. The number of hydrazone groups is 1. The van der Waals surface area contributed by atoms with Gasteiger partial charge in [0.2, 0.25) is 0 Å². The van der Waals surface area contributed by atoms with Crippen molar-refractivity contribution >= 4 is 28.6 Å². The largest absolute Gasteiger partial charge is 0.477 e. The number of nitro benzene ring substituents is 1. The highest BCUT2D eigenvalue weighted by Gasteiger charge is 2.14. The van der Waals surface area contributed by atoms with Crippen molar-refractivity contribution in [3.63, 3.8) is 0 Å². The van der Waals surface area contributed by atoms with Crippen LogP contribution >= 0.6 is 11.3 Å². The Morgan fingerprint density at radius 2 is 2.14 bits per heavy atom. The van der Waals surface area contributed by atoms with Gasteiger partial charge in [-0.1, -0.05) is 18.2 Å². The first-order valence-corrected chi connectivity index (χ1v) is 7.19. The quantitative estimate of drug-likeness (QED) is 0.503. The van der Waals surface area contributed by atoms with Crippen LogP contribution in [0.1, 0.15) is 11.8 Å². The standard InChI is InChI=1S/C14H13N3O4S/c1-10(13-7-4-8-22-13)15-16-14(18)9-21-12-6-3-2-5-11(12)17(19)20/h2-8H,9H2,1H3,(H,16,18)/b15-10+. The lowest BCUT2D eigenvalue weighted by molar-refractivity contribution is -0.385. The van der Waals surface area contributed by atoms with Gasteiger partial charge in [-0.25, -0.2) is 5.43 Å². The molecule has 0 saturated carbocycles. The van der Waals surface area contributed by atoms with Gasteiger partial charge in [0.25, 0.3) is 5.91 Å². The molecule has 0 aliphatic rings. The van der Waals surface area contributed by atoms with Crippen LogP contribution < -0.4 is 10.2 Å². The van der Waals surface area contributed by atoms with E-state index in [9.17, 15) is 14.9 Å². The average Bonchev–Trinajstić information content (AvgIpc) is 3.05. The van der Waals surface area contributed by atoms with Crippen LogP contribution in [0, 0.1) is 10.1 Å². The average molecular weight is 319 g/mol. The van der Waals surface area contributed by atoms with Crippen molar-refractivity contribution < 1.29 is 14.5 Å². The van der Waals surface area contributed by atoms with Gasteiger partial charge in [-0.3, -0.25) is 14.9 Å². The number of amides is 1. The van der Waals surface area contributed by atoms with Crippen LogP contribution in [0.3, 0.4) is 0 Å². The van der Waals surface area contributed by atoms with Gasteiger partial charge in [0.1, 0.15) is 0 Å². The maximum atomic E-state index is 11.7. The Kier molecular flexibility index (Phi) is 5.21. The SMILES string of the molecule is C/C(=N\NC(=O)COc1ccccc1[N+](=O)[O-])c1cccs1. The molecule has 0 radical (unpaired) electrons. The zero-order valence-electron chi connectivity index (χ0n) is 11.7. The number of ether oxygens (including phenoxy) is 1. The van der Waals surface area contributed by atoms with Crippen molar-refractivity contribution in [3.8, 4) is 5.75 Å². The summed E-state index contributed by atoms with van der Waals surface area (Å²) in [5.74, 6) is -0.448. The predicted molar refractivity (Wildman–Crippen MR) is 83.3 cm³/mol. The van der Waals surface area contributed by atoms with Gasteiger partial charge in [0.05, 0.1) is 10.6 Å². The van der Waals surface area contributed by atoms with Crippen molar-refractivity contribution in [2.75, 3.05) is 6.61 Å². The topological polar surface area (TPSA) is 93.8 Å². The Balaban J connectivity index is 1.91. The fourth-order valence-electron chi connectivity index (χ4n) is 1.59. The molecule has 2 aromatic rings. The van der Waals surface area contributed by atoms with Crippen molar-refractivity contribution in [2.45, 2.75) is 6.92 Å². The van der Waals surface area contributed by atoms with Crippen molar-refractivity contribution in [1.82, 2.24) is 5.43 Å². The number of nitrogens with zero attached hydrogens (tertiary/aromatic N) is 2. The minimum Gasteiger partial charge on any atom is -0.477 e. The van der Waals surface area contributed by atoms with Gasteiger partial charge in [0, 0.05) is 10.9 Å². The van der Waals surface area contributed by atoms with E-state index in [1.54, 1.807) is 13.0 Å². The lowest BCUT2D eigenvalue weighted by atomic mass is 10.3. The van der Waals surface area contributed by atoms with E-state index in [0.29, 0.717) is 5.71 Å². The van der Waals surface area contributed by atoms with Crippen LogP contribution in [-0.4, -0.2) is 23.1 Å². The maximum absolute atomic E-state index is 11.7. The van der Waals surface area contributed by atoms with Crippen LogP contribution in [0.25, 0.3) is 0 Å². The Bertz CT molecular complexity index is 698. The molecule has 2 rings (SSSR count). The van der Waals surface area contributed by atoms with Gasteiger partial charge < -0.3 is 4.74 Å². The van der Waals surface area contributed by atoms with Crippen LogP contribution in [0.15, 0.2) is 46.9 Å². The molecule has 0 atom stereocenters. The first-order valence-electron chi connectivity index (χ1n) is 6.31. The lowest BCUT2D eigenvalue weighted by Gasteiger charge is -2.05. The highest BCUT2D eigenvalue weighted by atomic mass is 32.1. The highest BCUT2D eigenvalue weighted by Crippen LogP contribution is 2.25. The number of para-hydroxylation sites is 2.